The molecular formula is C26H28N2O3. The number of amides is 1. The van der Waals surface area contributed by atoms with Gasteiger partial charge in [0.2, 0.25) is 0 Å². The van der Waals surface area contributed by atoms with Crippen molar-refractivity contribution in [1.29, 1.82) is 0 Å². The highest BCUT2D eigenvalue weighted by Gasteiger charge is 2.48. The van der Waals surface area contributed by atoms with Crippen LogP contribution in [0.25, 0.3) is 0 Å². The Morgan fingerprint density at radius 2 is 1.94 bits per heavy atom. The molecule has 160 valence electrons. The molecule has 1 aliphatic heterocycles. The molecule has 5 rings (SSSR count). The normalized spacial score (nSPS) is 18.5. The molecule has 0 bridgehead atoms. The van der Waals surface area contributed by atoms with Crippen LogP contribution < -0.4 is 10.3 Å². The molecule has 2 aromatic rings. The third-order valence-corrected chi connectivity index (χ3v) is 6.71. The molecule has 1 spiro atoms. The summed E-state index contributed by atoms with van der Waals surface area (Å²) in [7, 11) is 0. The molecule has 31 heavy (non-hydrogen) atoms. The van der Waals surface area contributed by atoms with E-state index >= 15 is 0 Å². The molecule has 2 heterocycles. The third kappa shape index (κ3) is 4.69. The smallest absolute Gasteiger partial charge is 0.260 e. The number of hydrogen-bond acceptors (Lipinski definition) is 3. The fourth-order valence-corrected chi connectivity index (χ4v) is 4.24. The first-order valence-electron chi connectivity index (χ1n) is 11.2. The maximum atomic E-state index is 12.7. The first-order chi connectivity index (χ1) is 15.0. The Labute approximate surface area is 183 Å². The van der Waals surface area contributed by atoms with Crippen LogP contribution in [-0.2, 0) is 11.3 Å². The van der Waals surface area contributed by atoms with E-state index in [0.29, 0.717) is 23.6 Å². The van der Waals surface area contributed by atoms with Gasteiger partial charge in [-0.2, -0.15) is 0 Å². The SMILES string of the molecule is Cc1cc(OCC(=O)N2CCC3(CC3)C2)cc(=O)n1Cc1ccc(C#CC2CC2)cc1. The number of ether oxygens (including phenoxy) is 1. The number of hydrogen-bond donors (Lipinski definition) is 0. The van der Waals surface area contributed by atoms with Crippen molar-refractivity contribution < 1.29 is 9.53 Å². The zero-order valence-electron chi connectivity index (χ0n) is 18.0. The summed E-state index contributed by atoms with van der Waals surface area (Å²) in [4.78, 5) is 27.0. The summed E-state index contributed by atoms with van der Waals surface area (Å²) in [5, 5.41) is 0. The quantitative estimate of drug-likeness (QED) is 0.703. The van der Waals surface area contributed by atoms with E-state index in [0.717, 1.165) is 36.3 Å². The molecular weight excluding hydrogens is 388 g/mol. The maximum Gasteiger partial charge on any atom is 0.260 e. The van der Waals surface area contributed by atoms with Crippen LogP contribution in [0.15, 0.2) is 41.2 Å². The lowest BCUT2D eigenvalue weighted by atomic mass is 10.1. The van der Waals surface area contributed by atoms with Gasteiger partial charge >= 0.3 is 0 Å². The number of aromatic nitrogens is 1. The van der Waals surface area contributed by atoms with Crippen LogP contribution in [0.3, 0.4) is 0 Å². The van der Waals surface area contributed by atoms with E-state index < -0.39 is 0 Å². The zero-order chi connectivity index (χ0) is 21.4. The molecule has 1 aromatic carbocycles. The largest absolute Gasteiger partial charge is 0.484 e. The summed E-state index contributed by atoms with van der Waals surface area (Å²) >= 11 is 0. The third-order valence-electron chi connectivity index (χ3n) is 6.71. The van der Waals surface area contributed by atoms with E-state index in [-0.39, 0.29) is 18.1 Å². The van der Waals surface area contributed by atoms with Gasteiger partial charge in [0, 0.05) is 36.3 Å². The lowest BCUT2D eigenvalue weighted by Gasteiger charge is -2.17. The first-order valence-corrected chi connectivity index (χ1v) is 11.2. The lowest BCUT2D eigenvalue weighted by Crippen LogP contribution is -2.33. The van der Waals surface area contributed by atoms with Crippen LogP contribution in [0.1, 0.15) is 48.9 Å². The molecule has 0 N–H and O–H groups in total. The van der Waals surface area contributed by atoms with Gasteiger partial charge < -0.3 is 14.2 Å². The summed E-state index contributed by atoms with van der Waals surface area (Å²) in [6, 6.07) is 11.4. The molecule has 0 atom stereocenters. The Bertz CT molecular complexity index is 1110. The lowest BCUT2D eigenvalue weighted by molar-refractivity contribution is -0.132. The van der Waals surface area contributed by atoms with E-state index in [1.165, 1.54) is 31.7 Å². The maximum absolute atomic E-state index is 12.7. The second-order valence-electron chi connectivity index (χ2n) is 9.35. The van der Waals surface area contributed by atoms with Crippen molar-refractivity contribution in [2.45, 2.75) is 45.6 Å². The predicted molar refractivity (Wildman–Crippen MR) is 119 cm³/mol. The van der Waals surface area contributed by atoms with Crippen LogP contribution >= 0.6 is 0 Å². The molecule has 0 unspecified atom stereocenters. The van der Waals surface area contributed by atoms with Crippen molar-refractivity contribution in [2.75, 3.05) is 19.7 Å². The topological polar surface area (TPSA) is 51.5 Å². The molecule has 1 saturated heterocycles. The minimum atomic E-state index is -0.127. The van der Waals surface area contributed by atoms with E-state index in [2.05, 4.69) is 11.8 Å². The number of nitrogens with zero attached hydrogens (tertiary/aromatic N) is 2. The average molecular weight is 417 g/mol. The van der Waals surface area contributed by atoms with Gasteiger partial charge in [-0.1, -0.05) is 24.0 Å². The Morgan fingerprint density at radius 3 is 2.58 bits per heavy atom. The van der Waals surface area contributed by atoms with E-state index in [9.17, 15) is 9.59 Å². The summed E-state index contributed by atoms with van der Waals surface area (Å²) in [6.07, 6.45) is 6.04. The van der Waals surface area contributed by atoms with Crippen LogP contribution in [0.5, 0.6) is 5.75 Å². The van der Waals surface area contributed by atoms with Gasteiger partial charge in [-0.25, -0.2) is 0 Å². The summed E-state index contributed by atoms with van der Waals surface area (Å²) in [5.41, 5.74) is 3.16. The zero-order valence-corrected chi connectivity index (χ0v) is 18.0. The minimum absolute atomic E-state index is 0.00970. The minimum Gasteiger partial charge on any atom is -0.484 e. The van der Waals surface area contributed by atoms with E-state index in [1.807, 2.05) is 42.2 Å². The van der Waals surface area contributed by atoms with Gasteiger partial charge in [-0.15, -0.1) is 0 Å². The molecule has 2 aliphatic carbocycles. The van der Waals surface area contributed by atoms with Gasteiger partial charge in [0.25, 0.3) is 11.5 Å². The number of benzene rings is 1. The highest BCUT2D eigenvalue weighted by atomic mass is 16.5. The number of likely N-dealkylation sites (tertiary alicyclic amines) is 1. The molecule has 5 nitrogen and oxygen atoms in total. The van der Waals surface area contributed by atoms with Crippen LogP contribution in [-0.4, -0.2) is 35.1 Å². The average Bonchev–Trinajstić information content (AvgIpc) is 3.67. The molecule has 5 heteroatoms. The van der Waals surface area contributed by atoms with Gasteiger partial charge in [-0.05, 0) is 68.2 Å². The van der Waals surface area contributed by atoms with Crippen molar-refractivity contribution in [3.63, 3.8) is 0 Å². The summed E-state index contributed by atoms with van der Waals surface area (Å²) in [5.74, 6) is 7.53. The van der Waals surface area contributed by atoms with Crippen molar-refractivity contribution in [2.24, 2.45) is 11.3 Å². The van der Waals surface area contributed by atoms with Crippen molar-refractivity contribution in [1.82, 2.24) is 9.47 Å². The second-order valence-corrected chi connectivity index (χ2v) is 9.35. The number of carbonyl (C=O) groups is 1. The summed E-state index contributed by atoms with van der Waals surface area (Å²) < 4.78 is 7.40. The highest BCUT2D eigenvalue weighted by Crippen LogP contribution is 2.52. The van der Waals surface area contributed by atoms with Crippen LogP contribution in [0, 0.1) is 30.1 Å². The number of pyridine rings is 1. The standard InChI is InChI=1S/C26H28N2O3/c1-19-14-23(31-17-25(30)27-13-12-26(18-27)10-11-26)15-24(29)28(19)16-22-8-6-21(7-9-22)5-4-20-2-3-20/h6-9,14-15,20H,2-3,10-13,16-18H2,1H3. The Hall–Kier alpha value is -3.00. The van der Waals surface area contributed by atoms with Gasteiger partial charge in [0.15, 0.2) is 6.61 Å². The molecule has 1 amide bonds. The second kappa shape index (κ2) is 7.92. The predicted octanol–water partition coefficient (Wildman–Crippen LogP) is 3.36. The molecule has 2 saturated carbocycles. The monoisotopic (exact) mass is 416 g/mol. The first kappa shape index (κ1) is 19.9. The molecule has 3 aliphatic rings. The van der Waals surface area contributed by atoms with Crippen LogP contribution in [0.4, 0.5) is 0 Å². The van der Waals surface area contributed by atoms with Crippen molar-refractivity contribution in [3.05, 3.63) is 63.6 Å². The van der Waals surface area contributed by atoms with E-state index in [1.54, 1.807) is 4.57 Å². The fraction of sp³-hybridized carbons (Fsp3) is 0.462. The Balaban J connectivity index is 1.20. The van der Waals surface area contributed by atoms with Crippen molar-refractivity contribution >= 4 is 5.91 Å². The Kier molecular flexibility index (Phi) is 5.09. The fourth-order valence-electron chi connectivity index (χ4n) is 4.24. The van der Waals surface area contributed by atoms with Gasteiger partial charge in [0.1, 0.15) is 5.75 Å². The highest BCUT2D eigenvalue weighted by molar-refractivity contribution is 5.78. The van der Waals surface area contributed by atoms with Gasteiger partial charge in [-0.3, -0.25) is 9.59 Å². The van der Waals surface area contributed by atoms with Gasteiger partial charge in [0.05, 0.1) is 6.54 Å². The van der Waals surface area contributed by atoms with E-state index in [4.69, 9.17) is 4.74 Å². The molecule has 3 fully saturated rings. The number of rotatable bonds is 5. The Morgan fingerprint density at radius 1 is 1.16 bits per heavy atom. The van der Waals surface area contributed by atoms with Crippen molar-refractivity contribution in [3.8, 4) is 17.6 Å². The molecule has 0 radical (unpaired) electrons. The number of aryl methyl sites for hydroxylation is 1. The summed E-state index contributed by atoms with van der Waals surface area (Å²) in [6.45, 7) is 4.07. The van der Waals surface area contributed by atoms with Crippen LogP contribution in [0.2, 0.25) is 0 Å². The number of carbonyl (C=O) groups excluding carboxylic acids is 1. The molecule has 1 aromatic heterocycles.